The molecule has 0 aliphatic heterocycles. The lowest BCUT2D eigenvalue weighted by atomic mass is 10.2. The summed E-state index contributed by atoms with van der Waals surface area (Å²) >= 11 is 0. The van der Waals surface area contributed by atoms with E-state index in [4.69, 9.17) is 10.2 Å². The fourth-order valence-corrected chi connectivity index (χ4v) is 2.45. The number of nitrogens with zero attached hydrogens (tertiary/aromatic N) is 2. The number of amides is 1. The molecule has 0 spiro atoms. The maximum atomic E-state index is 12.1. The number of hydrogen-bond acceptors (Lipinski definition) is 6. The van der Waals surface area contributed by atoms with Crippen LogP contribution in [-0.4, -0.2) is 53.2 Å². The average molecular weight is 354 g/mol. The van der Waals surface area contributed by atoms with Crippen molar-refractivity contribution in [2.45, 2.75) is 65.0 Å². The summed E-state index contributed by atoms with van der Waals surface area (Å²) in [4.78, 5) is 18.6. The lowest BCUT2D eigenvalue weighted by Crippen LogP contribution is -2.31. The van der Waals surface area contributed by atoms with Gasteiger partial charge >= 0.3 is 0 Å². The van der Waals surface area contributed by atoms with Crippen LogP contribution in [0.15, 0.2) is 10.7 Å². The van der Waals surface area contributed by atoms with Crippen LogP contribution in [0.5, 0.6) is 0 Å². The van der Waals surface area contributed by atoms with Crippen molar-refractivity contribution in [3.05, 3.63) is 17.8 Å². The minimum atomic E-state index is -0.785. The van der Waals surface area contributed by atoms with Crippen LogP contribution in [0, 0.1) is 0 Å². The van der Waals surface area contributed by atoms with Gasteiger partial charge in [0, 0.05) is 6.54 Å². The fourth-order valence-electron chi connectivity index (χ4n) is 2.45. The maximum Gasteiger partial charge on any atom is 0.273 e. The van der Waals surface area contributed by atoms with Gasteiger partial charge < -0.3 is 25.5 Å². The minimum absolute atomic E-state index is 0.172. The van der Waals surface area contributed by atoms with Crippen LogP contribution in [-0.2, 0) is 0 Å². The van der Waals surface area contributed by atoms with Crippen molar-refractivity contribution < 1.29 is 14.3 Å². The number of nitrogens with one attached hydrogen (secondary N) is 1. The summed E-state index contributed by atoms with van der Waals surface area (Å²) in [5, 5.41) is 12.3. The zero-order valence-corrected chi connectivity index (χ0v) is 15.8. The minimum Gasteiger partial charge on any atom is -0.446 e. The molecule has 1 rings (SSSR count). The Balaban J connectivity index is 2.35. The van der Waals surface area contributed by atoms with Crippen molar-refractivity contribution in [2.24, 2.45) is 5.73 Å². The summed E-state index contributed by atoms with van der Waals surface area (Å²) < 4.78 is 5.18. The molecule has 0 aliphatic rings. The summed E-state index contributed by atoms with van der Waals surface area (Å²) in [6.45, 7) is 9.78. The van der Waals surface area contributed by atoms with Gasteiger partial charge in [0.1, 0.15) is 12.3 Å². The number of aliphatic hydroxyl groups excluding tert-OH is 1. The zero-order chi connectivity index (χ0) is 18.7. The van der Waals surface area contributed by atoms with Crippen LogP contribution in [0.2, 0.25) is 0 Å². The Morgan fingerprint density at radius 1 is 1.28 bits per heavy atom. The number of hydrogen-bond donors (Lipinski definition) is 3. The highest BCUT2D eigenvalue weighted by molar-refractivity contribution is 5.91. The topological polar surface area (TPSA) is 105 Å². The molecule has 2 atom stereocenters. The Hall–Kier alpha value is -1.44. The van der Waals surface area contributed by atoms with E-state index in [1.807, 2.05) is 0 Å². The lowest BCUT2D eigenvalue weighted by Gasteiger charge is -2.21. The highest BCUT2D eigenvalue weighted by Gasteiger charge is 2.20. The Morgan fingerprint density at radius 2 is 1.88 bits per heavy atom. The van der Waals surface area contributed by atoms with Crippen molar-refractivity contribution >= 4 is 5.91 Å². The van der Waals surface area contributed by atoms with Gasteiger partial charge in [-0.25, -0.2) is 4.98 Å². The second-order valence-corrected chi connectivity index (χ2v) is 6.50. The van der Waals surface area contributed by atoms with Crippen molar-refractivity contribution in [3.8, 4) is 0 Å². The second kappa shape index (κ2) is 12.0. The molecule has 0 aliphatic carbocycles. The number of rotatable bonds is 13. The predicted octanol–water partition coefficient (Wildman–Crippen LogP) is 2.08. The van der Waals surface area contributed by atoms with Crippen LogP contribution < -0.4 is 11.1 Å². The van der Waals surface area contributed by atoms with Gasteiger partial charge in [-0.05, 0) is 45.8 Å². The highest BCUT2D eigenvalue weighted by Crippen LogP contribution is 2.13. The summed E-state index contributed by atoms with van der Waals surface area (Å²) in [5.74, 6) is -0.105. The molecule has 7 nitrogen and oxygen atoms in total. The monoisotopic (exact) mass is 354 g/mol. The first-order valence-corrected chi connectivity index (χ1v) is 9.39. The molecule has 0 aromatic carbocycles. The van der Waals surface area contributed by atoms with Gasteiger partial charge in [0.05, 0.1) is 6.10 Å². The van der Waals surface area contributed by atoms with Gasteiger partial charge in [-0.3, -0.25) is 4.79 Å². The van der Waals surface area contributed by atoms with Crippen LogP contribution in [0.25, 0.3) is 0 Å². The van der Waals surface area contributed by atoms with Crippen LogP contribution >= 0.6 is 0 Å². The van der Waals surface area contributed by atoms with E-state index in [9.17, 15) is 9.90 Å². The third kappa shape index (κ3) is 7.98. The Kier molecular flexibility index (Phi) is 10.4. The normalized spacial score (nSPS) is 13.8. The van der Waals surface area contributed by atoms with Gasteiger partial charge in [0.15, 0.2) is 5.69 Å². The van der Waals surface area contributed by atoms with Crippen LogP contribution in [0.3, 0.4) is 0 Å². The highest BCUT2D eigenvalue weighted by atomic mass is 16.3. The molecule has 1 aromatic rings. The van der Waals surface area contributed by atoms with E-state index in [0.717, 1.165) is 26.1 Å². The lowest BCUT2D eigenvalue weighted by molar-refractivity contribution is 0.0946. The first-order valence-electron chi connectivity index (χ1n) is 9.39. The van der Waals surface area contributed by atoms with E-state index < -0.39 is 12.1 Å². The van der Waals surface area contributed by atoms with E-state index in [2.05, 4.69) is 29.0 Å². The molecular formula is C18H34N4O3. The molecule has 7 heteroatoms. The number of carbonyl (C=O) groups excluding carboxylic acids is 1. The Labute approximate surface area is 151 Å². The quantitative estimate of drug-likeness (QED) is 0.469. The van der Waals surface area contributed by atoms with E-state index >= 15 is 0 Å². The van der Waals surface area contributed by atoms with Gasteiger partial charge in [0.25, 0.3) is 5.91 Å². The van der Waals surface area contributed by atoms with E-state index in [0.29, 0.717) is 6.54 Å². The maximum absolute atomic E-state index is 12.1. The van der Waals surface area contributed by atoms with Crippen molar-refractivity contribution in [1.29, 1.82) is 0 Å². The average Bonchev–Trinajstić information content (AvgIpc) is 3.09. The SMILES string of the molecule is CCCCN(CCCC)CCCNC(=O)c1coc(C(N)C(C)O)n1. The largest absolute Gasteiger partial charge is 0.446 e. The first kappa shape index (κ1) is 21.6. The summed E-state index contributed by atoms with van der Waals surface area (Å²) in [6, 6.07) is -0.729. The molecule has 0 saturated heterocycles. The third-order valence-electron chi connectivity index (χ3n) is 4.15. The molecule has 1 heterocycles. The van der Waals surface area contributed by atoms with Gasteiger partial charge in [-0.2, -0.15) is 0 Å². The third-order valence-corrected chi connectivity index (χ3v) is 4.15. The number of oxazole rings is 1. The number of aromatic nitrogens is 1. The first-order chi connectivity index (χ1) is 12.0. The molecular weight excluding hydrogens is 320 g/mol. The van der Waals surface area contributed by atoms with Crippen molar-refractivity contribution in [3.63, 3.8) is 0 Å². The summed E-state index contributed by atoms with van der Waals surface area (Å²) in [6.07, 6.45) is 6.21. The Bertz CT molecular complexity index is 482. The summed E-state index contributed by atoms with van der Waals surface area (Å²) in [5.41, 5.74) is 5.94. The van der Waals surface area contributed by atoms with Gasteiger partial charge in [-0.15, -0.1) is 0 Å². The molecule has 2 unspecified atom stereocenters. The molecule has 25 heavy (non-hydrogen) atoms. The van der Waals surface area contributed by atoms with Gasteiger partial charge in [-0.1, -0.05) is 26.7 Å². The number of carbonyl (C=O) groups is 1. The van der Waals surface area contributed by atoms with E-state index in [1.54, 1.807) is 6.92 Å². The zero-order valence-electron chi connectivity index (χ0n) is 15.8. The van der Waals surface area contributed by atoms with E-state index in [-0.39, 0.29) is 17.5 Å². The van der Waals surface area contributed by atoms with Crippen molar-refractivity contribution in [2.75, 3.05) is 26.2 Å². The number of unbranched alkanes of at least 4 members (excludes halogenated alkanes) is 2. The molecule has 0 bridgehead atoms. The molecule has 0 radical (unpaired) electrons. The van der Waals surface area contributed by atoms with Gasteiger partial charge in [0.2, 0.25) is 5.89 Å². The molecule has 0 fully saturated rings. The second-order valence-electron chi connectivity index (χ2n) is 6.50. The number of nitrogens with two attached hydrogens (primary N) is 1. The molecule has 1 amide bonds. The molecule has 0 saturated carbocycles. The molecule has 4 N–H and O–H groups in total. The fraction of sp³-hybridized carbons (Fsp3) is 0.778. The molecule has 1 aromatic heterocycles. The molecule has 144 valence electrons. The van der Waals surface area contributed by atoms with Crippen LogP contribution in [0.4, 0.5) is 0 Å². The van der Waals surface area contributed by atoms with E-state index in [1.165, 1.54) is 31.9 Å². The predicted molar refractivity (Wildman–Crippen MR) is 98.3 cm³/mol. The smallest absolute Gasteiger partial charge is 0.273 e. The van der Waals surface area contributed by atoms with Crippen molar-refractivity contribution in [1.82, 2.24) is 15.2 Å². The van der Waals surface area contributed by atoms with Crippen LogP contribution in [0.1, 0.15) is 75.3 Å². The number of aliphatic hydroxyl groups is 1. The standard InChI is InChI=1S/C18H34N4O3/c1-4-6-10-22(11-7-5-2)12-8-9-20-17(24)15-13-25-18(21-15)16(19)14(3)23/h13-14,16,23H,4-12,19H2,1-3H3,(H,20,24). The Morgan fingerprint density at radius 3 is 2.44 bits per heavy atom. The summed E-state index contributed by atoms with van der Waals surface area (Å²) in [7, 11) is 0.